The van der Waals surface area contributed by atoms with Crippen LogP contribution in [0, 0.1) is 5.82 Å². The van der Waals surface area contributed by atoms with Crippen LogP contribution in [0.3, 0.4) is 0 Å². The molecular weight excluding hydrogens is 425 g/mol. The zero-order valence-corrected chi connectivity index (χ0v) is 15.4. The fraction of sp³-hybridized carbons (Fsp3) is 0.429. The molecule has 0 aliphatic carbocycles. The first-order valence-electron chi connectivity index (χ1n) is 6.36. The number of hydrogen-bond donors (Lipinski definition) is 2. The Morgan fingerprint density at radius 3 is 2.36 bits per heavy atom. The van der Waals surface area contributed by atoms with Gasteiger partial charge >= 0.3 is 12.1 Å². The van der Waals surface area contributed by atoms with Crippen molar-refractivity contribution in [2.24, 2.45) is 0 Å². The predicted molar refractivity (Wildman–Crippen MR) is 86.3 cm³/mol. The van der Waals surface area contributed by atoms with Crippen LogP contribution in [0.15, 0.2) is 21.1 Å². The summed E-state index contributed by atoms with van der Waals surface area (Å²) in [6, 6.07) is 1.78. The second-order valence-corrected chi connectivity index (χ2v) is 7.27. The van der Waals surface area contributed by atoms with Crippen molar-refractivity contribution in [1.29, 1.82) is 0 Å². The number of carbonyl (C=O) groups excluding carboxylic acids is 1. The SMILES string of the molecule is CC(C)(C)OC(=O)NC(Cc1c(Br)ccc(Br)c1F)C(=O)O. The van der Waals surface area contributed by atoms with Crippen LogP contribution in [-0.2, 0) is 16.0 Å². The molecule has 1 atom stereocenters. The molecule has 0 spiro atoms. The third-order valence-electron chi connectivity index (χ3n) is 2.54. The number of alkyl carbamates (subject to hydrolysis) is 1. The number of nitrogens with one attached hydrogen (secondary N) is 1. The van der Waals surface area contributed by atoms with E-state index in [1.165, 1.54) is 6.07 Å². The van der Waals surface area contributed by atoms with Gasteiger partial charge in [0.1, 0.15) is 17.5 Å². The smallest absolute Gasteiger partial charge is 0.408 e. The highest BCUT2D eigenvalue weighted by Gasteiger charge is 2.26. The van der Waals surface area contributed by atoms with Gasteiger partial charge in [-0.25, -0.2) is 14.0 Å². The molecule has 1 rings (SSSR count). The van der Waals surface area contributed by atoms with E-state index in [1.54, 1.807) is 26.8 Å². The minimum absolute atomic E-state index is 0.151. The third kappa shape index (κ3) is 5.57. The largest absolute Gasteiger partial charge is 0.480 e. The van der Waals surface area contributed by atoms with Gasteiger partial charge in [0.15, 0.2) is 0 Å². The van der Waals surface area contributed by atoms with Crippen LogP contribution in [0.5, 0.6) is 0 Å². The Kier molecular flexibility index (Phi) is 6.37. The third-order valence-corrected chi connectivity index (χ3v) is 3.89. The summed E-state index contributed by atoms with van der Waals surface area (Å²) in [6.07, 6.45) is -1.09. The highest BCUT2D eigenvalue weighted by Crippen LogP contribution is 2.27. The van der Waals surface area contributed by atoms with Gasteiger partial charge in [0.05, 0.1) is 4.47 Å². The van der Waals surface area contributed by atoms with Crippen LogP contribution < -0.4 is 5.32 Å². The van der Waals surface area contributed by atoms with Gasteiger partial charge in [-0.2, -0.15) is 0 Å². The normalized spacial score (nSPS) is 12.6. The molecule has 0 saturated carbocycles. The topological polar surface area (TPSA) is 75.6 Å². The first kappa shape index (κ1) is 18.9. The number of benzene rings is 1. The van der Waals surface area contributed by atoms with E-state index in [0.29, 0.717) is 4.47 Å². The Labute approximate surface area is 144 Å². The molecule has 5 nitrogen and oxygen atoms in total. The first-order valence-corrected chi connectivity index (χ1v) is 7.94. The van der Waals surface area contributed by atoms with Gasteiger partial charge < -0.3 is 15.2 Å². The fourth-order valence-electron chi connectivity index (χ4n) is 1.61. The minimum atomic E-state index is -1.31. The number of carboxylic acids is 1. The summed E-state index contributed by atoms with van der Waals surface area (Å²) in [5.41, 5.74) is -0.604. The van der Waals surface area contributed by atoms with Crippen molar-refractivity contribution in [3.8, 4) is 0 Å². The van der Waals surface area contributed by atoms with E-state index >= 15 is 0 Å². The van der Waals surface area contributed by atoms with Crippen LogP contribution in [0.1, 0.15) is 26.3 Å². The molecule has 22 heavy (non-hydrogen) atoms. The van der Waals surface area contributed by atoms with Gasteiger partial charge in [-0.1, -0.05) is 15.9 Å². The average Bonchev–Trinajstić information content (AvgIpc) is 2.35. The lowest BCUT2D eigenvalue weighted by Gasteiger charge is -2.22. The first-order chi connectivity index (χ1) is 10.0. The molecule has 2 N–H and O–H groups in total. The van der Waals surface area contributed by atoms with Crippen molar-refractivity contribution < 1.29 is 23.8 Å². The van der Waals surface area contributed by atoms with E-state index in [4.69, 9.17) is 4.74 Å². The molecule has 0 aliphatic rings. The lowest BCUT2D eigenvalue weighted by atomic mass is 10.1. The highest BCUT2D eigenvalue weighted by atomic mass is 79.9. The van der Waals surface area contributed by atoms with Gasteiger partial charge in [0.25, 0.3) is 0 Å². The Morgan fingerprint density at radius 1 is 1.32 bits per heavy atom. The molecule has 8 heteroatoms. The van der Waals surface area contributed by atoms with E-state index in [2.05, 4.69) is 37.2 Å². The summed E-state index contributed by atoms with van der Waals surface area (Å²) in [5.74, 6) is -1.86. The molecule has 122 valence electrons. The summed E-state index contributed by atoms with van der Waals surface area (Å²) < 4.78 is 19.7. The molecule has 0 saturated heterocycles. The Morgan fingerprint density at radius 2 is 1.86 bits per heavy atom. The standard InChI is InChI=1S/C14H16Br2FNO4/c1-14(2,3)22-13(21)18-10(12(19)20)6-7-8(15)4-5-9(16)11(7)17/h4-5,10H,6H2,1-3H3,(H,18,21)(H,19,20). The summed E-state index contributed by atoms with van der Waals surface area (Å²) in [5, 5.41) is 11.4. The number of halogens is 3. The number of amides is 1. The number of aliphatic carboxylic acids is 1. The van der Waals surface area contributed by atoms with E-state index < -0.39 is 29.5 Å². The van der Waals surface area contributed by atoms with E-state index in [0.717, 1.165) is 0 Å². The van der Waals surface area contributed by atoms with Crippen molar-refractivity contribution in [2.75, 3.05) is 0 Å². The molecule has 0 aliphatic heterocycles. The van der Waals surface area contributed by atoms with Crippen molar-refractivity contribution >= 4 is 43.9 Å². The number of carbonyl (C=O) groups is 2. The Bertz CT molecular complexity index is 587. The maximum absolute atomic E-state index is 14.1. The van der Waals surface area contributed by atoms with Gasteiger partial charge in [-0.15, -0.1) is 0 Å². The van der Waals surface area contributed by atoms with Crippen LogP contribution >= 0.6 is 31.9 Å². The monoisotopic (exact) mass is 439 g/mol. The van der Waals surface area contributed by atoms with Gasteiger partial charge in [-0.05, 0) is 48.8 Å². The minimum Gasteiger partial charge on any atom is -0.480 e. The number of hydrogen-bond acceptors (Lipinski definition) is 3. The molecule has 1 unspecified atom stereocenters. The molecule has 0 aromatic heterocycles. The summed E-state index contributed by atoms with van der Waals surface area (Å²) in [4.78, 5) is 23.0. The predicted octanol–water partition coefficient (Wildman–Crippen LogP) is 3.87. The summed E-state index contributed by atoms with van der Waals surface area (Å²) in [7, 11) is 0. The fourth-order valence-corrected chi connectivity index (χ4v) is 2.45. The number of carboxylic acid groups (broad SMARTS) is 1. The van der Waals surface area contributed by atoms with E-state index in [-0.39, 0.29) is 16.5 Å². The van der Waals surface area contributed by atoms with Gasteiger partial charge in [0, 0.05) is 16.5 Å². The van der Waals surface area contributed by atoms with Crippen molar-refractivity contribution in [2.45, 2.75) is 38.8 Å². The number of rotatable bonds is 4. The molecule has 1 aromatic carbocycles. The molecule has 0 heterocycles. The molecule has 0 fully saturated rings. The summed E-state index contributed by atoms with van der Waals surface area (Å²) >= 11 is 6.22. The lowest BCUT2D eigenvalue weighted by molar-refractivity contribution is -0.139. The van der Waals surface area contributed by atoms with E-state index in [1.807, 2.05) is 0 Å². The number of ether oxygens (including phenoxy) is 1. The molecule has 0 radical (unpaired) electrons. The Balaban J connectivity index is 2.93. The second-order valence-electron chi connectivity index (χ2n) is 5.56. The second kappa shape index (κ2) is 7.41. The van der Waals surface area contributed by atoms with Crippen molar-refractivity contribution in [3.63, 3.8) is 0 Å². The van der Waals surface area contributed by atoms with Crippen LogP contribution in [0.4, 0.5) is 9.18 Å². The zero-order chi connectivity index (χ0) is 17.1. The average molecular weight is 441 g/mol. The quantitative estimate of drug-likeness (QED) is 0.696. The zero-order valence-electron chi connectivity index (χ0n) is 12.2. The van der Waals surface area contributed by atoms with Crippen molar-refractivity contribution in [1.82, 2.24) is 5.32 Å². The lowest BCUT2D eigenvalue weighted by Crippen LogP contribution is -2.44. The molecule has 1 aromatic rings. The highest BCUT2D eigenvalue weighted by molar-refractivity contribution is 9.11. The van der Waals surface area contributed by atoms with E-state index in [9.17, 15) is 19.1 Å². The molecule has 0 bridgehead atoms. The Hall–Kier alpha value is -1.15. The van der Waals surface area contributed by atoms with Gasteiger partial charge in [0.2, 0.25) is 0 Å². The van der Waals surface area contributed by atoms with Gasteiger partial charge in [-0.3, -0.25) is 0 Å². The summed E-state index contributed by atoms with van der Waals surface area (Å²) in [6.45, 7) is 4.98. The molecule has 1 amide bonds. The maximum Gasteiger partial charge on any atom is 0.408 e. The maximum atomic E-state index is 14.1. The molecular formula is C14H16Br2FNO4. The van der Waals surface area contributed by atoms with Crippen LogP contribution in [0.25, 0.3) is 0 Å². The van der Waals surface area contributed by atoms with Crippen LogP contribution in [-0.4, -0.2) is 28.8 Å². The van der Waals surface area contributed by atoms with Crippen molar-refractivity contribution in [3.05, 3.63) is 32.5 Å². The van der Waals surface area contributed by atoms with Crippen LogP contribution in [0.2, 0.25) is 0 Å².